The number of nitrogens with one attached hydrogen (secondary N) is 1. The second kappa shape index (κ2) is 7.29. The topological polar surface area (TPSA) is 64.9 Å². The monoisotopic (exact) mass is 227 g/mol. The number of methoxy groups -OCH3 is 1. The molecule has 6 nitrogen and oxygen atoms in total. The molecule has 0 aromatic carbocycles. The van der Waals surface area contributed by atoms with Crippen LogP contribution in [0, 0.1) is 5.92 Å². The molecule has 1 atom stereocenters. The van der Waals surface area contributed by atoms with E-state index in [0.29, 0.717) is 5.92 Å². The van der Waals surface area contributed by atoms with Crippen LogP contribution in [0.15, 0.2) is 0 Å². The first kappa shape index (κ1) is 13.1. The Hall–Kier alpha value is -1.01. The fraction of sp³-hybridized carbons (Fsp3) is 0.900. The third kappa shape index (κ3) is 4.67. The van der Waals surface area contributed by atoms with E-state index in [1.54, 1.807) is 14.2 Å². The fourth-order valence-electron chi connectivity index (χ4n) is 1.50. The molecule has 1 unspecified atom stereocenters. The van der Waals surface area contributed by atoms with Crippen LogP contribution in [0.1, 0.15) is 19.2 Å². The van der Waals surface area contributed by atoms with E-state index < -0.39 is 0 Å². The van der Waals surface area contributed by atoms with Crippen LogP contribution < -0.4 is 5.32 Å². The summed E-state index contributed by atoms with van der Waals surface area (Å²) in [5.41, 5.74) is 0. The van der Waals surface area contributed by atoms with Gasteiger partial charge in [0.1, 0.15) is 0 Å². The van der Waals surface area contributed by atoms with E-state index in [4.69, 9.17) is 4.74 Å². The Balaban J connectivity index is 2.26. The largest absolute Gasteiger partial charge is 0.383 e. The van der Waals surface area contributed by atoms with Crippen molar-refractivity contribution >= 4 is 0 Å². The van der Waals surface area contributed by atoms with Crippen LogP contribution in [0.25, 0.3) is 0 Å². The summed E-state index contributed by atoms with van der Waals surface area (Å²) in [5.74, 6) is 1.38. The molecule has 0 bridgehead atoms. The summed E-state index contributed by atoms with van der Waals surface area (Å²) in [5, 5.41) is 15.4. The van der Waals surface area contributed by atoms with Gasteiger partial charge in [0.15, 0.2) is 5.82 Å². The quantitative estimate of drug-likeness (QED) is 0.634. The summed E-state index contributed by atoms with van der Waals surface area (Å²) in [6.45, 7) is 4.79. The minimum atomic E-state index is 0.557. The first-order chi connectivity index (χ1) is 7.76. The lowest BCUT2D eigenvalue weighted by Gasteiger charge is -2.13. The average Bonchev–Trinajstić information content (AvgIpc) is 2.68. The van der Waals surface area contributed by atoms with Gasteiger partial charge in [-0.1, -0.05) is 13.3 Å². The zero-order valence-electron chi connectivity index (χ0n) is 10.3. The molecule has 16 heavy (non-hydrogen) atoms. The highest BCUT2D eigenvalue weighted by atomic mass is 16.5. The number of hydrogen-bond acceptors (Lipinski definition) is 5. The summed E-state index contributed by atoms with van der Waals surface area (Å²) in [4.78, 5) is 1.50. The first-order valence-corrected chi connectivity index (χ1v) is 5.68. The van der Waals surface area contributed by atoms with Crippen molar-refractivity contribution in [3.63, 3.8) is 0 Å². The summed E-state index contributed by atoms with van der Waals surface area (Å²) in [6.07, 6.45) is 1.99. The van der Waals surface area contributed by atoms with Gasteiger partial charge in [-0.15, -0.1) is 10.2 Å². The Morgan fingerprint density at radius 1 is 1.50 bits per heavy atom. The molecule has 1 aromatic heterocycles. The van der Waals surface area contributed by atoms with Crippen molar-refractivity contribution in [3.8, 4) is 0 Å². The van der Waals surface area contributed by atoms with Gasteiger partial charge in [-0.2, -0.15) is 4.80 Å². The predicted molar refractivity (Wildman–Crippen MR) is 61.0 cm³/mol. The van der Waals surface area contributed by atoms with E-state index in [-0.39, 0.29) is 0 Å². The zero-order chi connectivity index (χ0) is 11.8. The van der Waals surface area contributed by atoms with Gasteiger partial charge in [-0.25, -0.2) is 0 Å². The number of hydrogen-bond donors (Lipinski definition) is 1. The van der Waals surface area contributed by atoms with Gasteiger partial charge in [0.2, 0.25) is 0 Å². The van der Waals surface area contributed by atoms with Crippen LogP contribution in [-0.2, 0) is 18.2 Å². The second-order valence-corrected chi connectivity index (χ2v) is 3.87. The average molecular weight is 227 g/mol. The van der Waals surface area contributed by atoms with Crippen molar-refractivity contribution in [3.05, 3.63) is 5.82 Å². The Bertz CT molecular complexity index is 288. The smallest absolute Gasteiger partial charge is 0.175 e. The van der Waals surface area contributed by atoms with Gasteiger partial charge in [0.05, 0.1) is 13.7 Å². The highest BCUT2D eigenvalue weighted by molar-refractivity contribution is 4.81. The summed E-state index contributed by atoms with van der Waals surface area (Å²) in [7, 11) is 3.50. The van der Waals surface area contributed by atoms with E-state index in [2.05, 4.69) is 27.7 Å². The molecular formula is C10H21N5O. The van der Waals surface area contributed by atoms with E-state index >= 15 is 0 Å². The molecule has 0 radical (unpaired) electrons. The zero-order valence-corrected chi connectivity index (χ0v) is 10.3. The molecule has 0 saturated heterocycles. The molecule has 0 aliphatic carbocycles. The maximum atomic E-state index is 4.98. The van der Waals surface area contributed by atoms with Gasteiger partial charge >= 0.3 is 0 Å². The van der Waals surface area contributed by atoms with Crippen LogP contribution >= 0.6 is 0 Å². The highest BCUT2D eigenvalue weighted by Crippen LogP contribution is 2.06. The van der Waals surface area contributed by atoms with Crippen LogP contribution in [-0.4, -0.2) is 47.0 Å². The number of nitrogens with zero attached hydrogens (tertiary/aromatic N) is 4. The second-order valence-electron chi connectivity index (χ2n) is 3.87. The first-order valence-electron chi connectivity index (χ1n) is 5.68. The van der Waals surface area contributed by atoms with Crippen LogP contribution in [0.2, 0.25) is 0 Å². The lowest BCUT2D eigenvalue weighted by Crippen LogP contribution is -2.27. The van der Waals surface area contributed by atoms with E-state index in [9.17, 15) is 0 Å². The van der Waals surface area contributed by atoms with Crippen molar-refractivity contribution in [2.45, 2.75) is 19.8 Å². The fourth-order valence-corrected chi connectivity index (χ4v) is 1.50. The molecule has 0 spiro atoms. The molecule has 92 valence electrons. The summed E-state index contributed by atoms with van der Waals surface area (Å²) < 4.78 is 4.98. The van der Waals surface area contributed by atoms with Crippen LogP contribution in [0.4, 0.5) is 0 Å². The molecule has 1 aromatic rings. The maximum Gasteiger partial charge on any atom is 0.175 e. The van der Waals surface area contributed by atoms with Crippen molar-refractivity contribution in [2.75, 3.05) is 26.8 Å². The van der Waals surface area contributed by atoms with Crippen molar-refractivity contribution < 1.29 is 4.74 Å². The van der Waals surface area contributed by atoms with Gasteiger partial charge in [-0.05, 0) is 17.7 Å². The van der Waals surface area contributed by atoms with Crippen molar-refractivity contribution in [2.24, 2.45) is 13.0 Å². The van der Waals surface area contributed by atoms with Gasteiger partial charge in [-0.3, -0.25) is 0 Å². The normalized spacial score (nSPS) is 12.9. The van der Waals surface area contributed by atoms with Crippen LogP contribution in [0.5, 0.6) is 0 Å². The third-order valence-electron chi connectivity index (χ3n) is 2.51. The number of aromatic nitrogens is 4. The lowest BCUT2D eigenvalue weighted by atomic mass is 10.0. The lowest BCUT2D eigenvalue weighted by molar-refractivity contribution is 0.197. The Morgan fingerprint density at radius 2 is 2.31 bits per heavy atom. The van der Waals surface area contributed by atoms with Gasteiger partial charge in [0, 0.05) is 20.1 Å². The van der Waals surface area contributed by atoms with Gasteiger partial charge in [0.25, 0.3) is 0 Å². The summed E-state index contributed by atoms with van der Waals surface area (Å²) in [6, 6.07) is 0. The number of tetrazole rings is 1. The maximum absolute atomic E-state index is 4.98. The molecule has 0 saturated carbocycles. The Kier molecular flexibility index (Phi) is 5.95. The highest BCUT2D eigenvalue weighted by Gasteiger charge is 2.10. The SMILES string of the molecule is CCC(CNCCOC)Cc1nnn(C)n1. The molecule has 0 fully saturated rings. The molecule has 0 aliphatic heterocycles. The molecule has 0 aliphatic rings. The van der Waals surface area contributed by atoms with Crippen molar-refractivity contribution in [1.82, 2.24) is 25.5 Å². The standard InChI is InChI=1S/C10H21N5O/c1-4-9(8-11-5-6-16-3)7-10-12-14-15(2)13-10/h9,11H,4-8H2,1-3H3. The molecular weight excluding hydrogens is 206 g/mol. The molecule has 1 rings (SSSR count). The molecule has 0 amide bonds. The van der Waals surface area contributed by atoms with Crippen molar-refractivity contribution in [1.29, 1.82) is 0 Å². The molecule has 1 N–H and O–H groups in total. The summed E-state index contributed by atoms with van der Waals surface area (Å²) >= 11 is 0. The molecule has 1 heterocycles. The number of aryl methyl sites for hydroxylation is 1. The Morgan fingerprint density at radius 3 is 2.88 bits per heavy atom. The van der Waals surface area contributed by atoms with E-state index in [0.717, 1.165) is 38.4 Å². The van der Waals surface area contributed by atoms with E-state index in [1.165, 1.54) is 4.80 Å². The van der Waals surface area contributed by atoms with Gasteiger partial charge < -0.3 is 10.1 Å². The Labute approximate surface area is 96.4 Å². The number of rotatable bonds is 8. The minimum absolute atomic E-state index is 0.557. The van der Waals surface area contributed by atoms with Crippen LogP contribution in [0.3, 0.4) is 0 Å². The molecule has 6 heteroatoms. The number of ether oxygens (including phenoxy) is 1. The minimum Gasteiger partial charge on any atom is -0.383 e. The predicted octanol–water partition coefficient (Wildman–Crippen LogP) is 0.0148. The third-order valence-corrected chi connectivity index (χ3v) is 2.51. The van der Waals surface area contributed by atoms with E-state index in [1.807, 2.05) is 0 Å².